The number of phenols is 1. The molecule has 0 amide bonds. The molecule has 0 saturated carbocycles. The first-order valence-electron chi connectivity index (χ1n) is 12.9. The zero-order valence-corrected chi connectivity index (χ0v) is 22.0. The number of hydrogen-bond acceptors (Lipinski definition) is 6. The van der Waals surface area contributed by atoms with Crippen LogP contribution >= 0.6 is 0 Å². The summed E-state index contributed by atoms with van der Waals surface area (Å²) in [6, 6.07) is 28.7. The van der Waals surface area contributed by atoms with Gasteiger partial charge >= 0.3 is 5.97 Å². The molecule has 0 radical (unpaired) electrons. The highest BCUT2D eigenvalue weighted by Crippen LogP contribution is 2.38. The number of fused-ring (bicyclic) bond motifs is 1. The van der Waals surface area contributed by atoms with Gasteiger partial charge in [-0.3, -0.25) is 10.1 Å². The molecule has 0 bridgehead atoms. The summed E-state index contributed by atoms with van der Waals surface area (Å²) in [5.74, 6) is 0.0544. The van der Waals surface area contributed by atoms with Crippen molar-refractivity contribution in [1.82, 2.24) is 5.32 Å². The predicted molar refractivity (Wildman–Crippen MR) is 149 cm³/mol. The lowest BCUT2D eigenvalue weighted by molar-refractivity contribution is -0.143. The van der Waals surface area contributed by atoms with E-state index >= 15 is 0 Å². The minimum absolute atomic E-state index is 0.0290. The highest BCUT2D eigenvalue weighted by atomic mass is 16.5. The topological polar surface area (TPSA) is 91.6 Å². The molecule has 4 aromatic carbocycles. The SMILES string of the molecule is COC(=O)[C@@H]1Cc2cc(O)c(OCc3cccc(-c4ccccc4)c3C)cc2[C@H](Cc2cccc(C#N)c2)N1. The van der Waals surface area contributed by atoms with Crippen LogP contribution in [0.15, 0.2) is 84.9 Å². The van der Waals surface area contributed by atoms with Crippen molar-refractivity contribution in [2.45, 2.75) is 38.5 Å². The van der Waals surface area contributed by atoms with Crippen LogP contribution in [0.2, 0.25) is 0 Å². The van der Waals surface area contributed by atoms with E-state index in [4.69, 9.17) is 9.47 Å². The third-order valence-electron chi connectivity index (χ3n) is 7.32. The summed E-state index contributed by atoms with van der Waals surface area (Å²) in [4.78, 5) is 12.4. The summed E-state index contributed by atoms with van der Waals surface area (Å²) in [6.07, 6.45) is 0.946. The van der Waals surface area contributed by atoms with Gasteiger partial charge in [0.25, 0.3) is 0 Å². The molecule has 2 atom stereocenters. The second kappa shape index (κ2) is 11.4. The maximum Gasteiger partial charge on any atom is 0.323 e. The van der Waals surface area contributed by atoms with E-state index in [9.17, 15) is 15.2 Å². The lowest BCUT2D eigenvalue weighted by Gasteiger charge is -2.32. The number of rotatable bonds is 7. The minimum Gasteiger partial charge on any atom is -0.504 e. The summed E-state index contributed by atoms with van der Waals surface area (Å²) in [5, 5.41) is 23.6. The van der Waals surface area contributed by atoms with E-state index < -0.39 is 6.04 Å². The fourth-order valence-electron chi connectivity index (χ4n) is 5.25. The van der Waals surface area contributed by atoms with Crippen LogP contribution in [-0.2, 0) is 29.0 Å². The Bertz CT molecular complexity index is 1540. The number of phenolic OH excluding ortho intramolecular Hbond substituents is 1. The molecule has 39 heavy (non-hydrogen) atoms. The zero-order chi connectivity index (χ0) is 27.4. The number of nitrogens with one attached hydrogen (secondary N) is 1. The van der Waals surface area contributed by atoms with E-state index in [2.05, 4.69) is 36.5 Å². The van der Waals surface area contributed by atoms with Gasteiger partial charge in [0, 0.05) is 6.04 Å². The van der Waals surface area contributed by atoms with Crippen molar-refractivity contribution in [3.63, 3.8) is 0 Å². The Kier molecular flexibility index (Phi) is 7.62. The van der Waals surface area contributed by atoms with Crippen LogP contribution < -0.4 is 10.1 Å². The third-order valence-corrected chi connectivity index (χ3v) is 7.32. The van der Waals surface area contributed by atoms with E-state index in [0.717, 1.165) is 38.9 Å². The molecule has 0 aromatic heterocycles. The van der Waals surface area contributed by atoms with Crippen LogP contribution in [0, 0.1) is 18.3 Å². The number of benzene rings is 4. The van der Waals surface area contributed by atoms with Crippen molar-refractivity contribution >= 4 is 5.97 Å². The number of nitrogens with zero attached hydrogens (tertiary/aromatic N) is 1. The smallest absolute Gasteiger partial charge is 0.323 e. The average molecular weight is 519 g/mol. The Hall–Kier alpha value is -4.60. The Morgan fingerprint density at radius 1 is 1.05 bits per heavy atom. The predicted octanol–water partition coefficient (Wildman–Crippen LogP) is 5.79. The second-order valence-corrected chi connectivity index (χ2v) is 9.78. The molecule has 5 rings (SSSR count). The molecule has 0 saturated heterocycles. The van der Waals surface area contributed by atoms with Crippen molar-refractivity contribution in [2.24, 2.45) is 0 Å². The highest BCUT2D eigenvalue weighted by Gasteiger charge is 2.32. The molecule has 1 aliphatic rings. The normalized spacial score (nSPS) is 16.1. The first-order valence-corrected chi connectivity index (χ1v) is 12.9. The number of ether oxygens (including phenoxy) is 2. The van der Waals surface area contributed by atoms with E-state index in [1.807, 2.05) is 54.6 Å². The Balaban J connectivity index is 1.43. The van der Waals surface area contributed by atoms with Crippen LogP contribution in [0.1, 0.15) is 39.4 Å². The quantitative estimate of drug-likeness (QED) is 0.301. The van der Waals surface area contributed by atoms with E-state index in [-0.39, 0.29) is 17.8 Å². The Morgan fingerprint density at radius 3 is 2.62 bits per heavy atom. The number of aromatic hydroxyl groups is 1. The number of carbonyl (C=O) groups is 1. The van der Waals surface area contributed by atoms with Crippen LogP contribution in [0.5, 0.6) is 11.5 Å². The van der Waals surface area contributed by atoms with Crippen LogP contribution in [0.4, 0.5) is 0 Å². The zero-order valence-electron chi connectivity index (χ0n) is 22.0. The third kappa shape index (κ3) is 5.64. The molecule has 0 aliphatic carbocycles. The second-order valence-electron chi connectivity index (χ2n) is 9.78. The lowest BCUT2D eigenvalue weighted by atomic mass is 9.86. The largest absolute Gasteiger partial charge is 0.504 e. The van der Waals surface area contributed by atoms with Crippen molar-refractivity contribution in [2.75, 3.05) is 7.11 Å². The van der Waals surface area contributed by atoms with Gasteiger partial charge in [-0.2, -0.15) is 5.26 Å². The van der Waals surface area contributed by atoms with Crippen molar-refractivity contribution in [3.05, 3.63) is 118 Å². The molecule has 6 heteroatoms. The fraction of sp³-hybridized carbons (Fsp3) is 0.212. The van der Waals surface area contributed by atoms with Gasteiger partial charge in [0.05, 0.1) is 18.7 Å². The molecule has 0 spiro atoms. The molecule has 4 aromatic rings. The maximum atomic E-state index is 12.4. The molecule has 1 heterocycles. The molecule has 6 nitrogen and oxygen atoms in total. The lowest BCUT2D eigenvalue weighted by Crippen LogP contribution is -2.45. The standard InChI is InChI=1S/C33H30N2O4/c1-21-25(12-7-13-27(21)24-10-4-3-5-11-24)20-39-32-18-28-26(17-31(32)36)16-30(33(37)38-2)35-29(28)15-22-8-6-9-23(14-22)19-34/h3-14,17-18,29-30,35-36H,15-16,20H2,1-2H3/t29-,30-/m0/s1. The number of methoxy groups -OCH3 is 1. The molecule has 0 unspecified atom stereocenters. The van der Waals surface area contributed by atoms with Gasteiger partial charge in [0.2, 0.25) is 0 Å². The average Bonchev–Trinajstić information content (AvgIpc) is 2.96. The van der Waals surface area contributed by atoms with Gasteiger partial charge in [-0.15, -0.1) is 0 Å². The van der Waals surface area contributed by atoms with Gasteiger partial charge in [-0.05, 0) is 83.0 Å². The number of carbonyl (C=O) groups excluding carboxylic acids is 1. The summed E-state index contributed by atoms with van der Waals surface area (Å²) in [5.41, 5.74) is 7.79. The van der Waals surface area contributed by atoms with Gasteiger partial charge in [-0.25, -0.2) is 0 Å². The van der Waals surface area contributed by atoms with Gasteiger partial charge in [0.1, 0.15) is 12.6 Å². The molecule has 196 valence electrons. The molecule has 1 aliphatic heterocycles. The number of esters is 1. The van der Waals surface area contributed by atoms with Gasteiger partial charge in [0.15, 0.2) is 11.5 Å². The van der Waals surface area contributed by atoms with E-state index in [0.29, 0.717) is 30.8 Å². The Morgan fingerprint density at radius 2 is 1.85 bits per heavy atom. The van der Waals surface area contributed by atoms with E-state index in [1.54, 1.807) is 12.1 Å². The van der Waals surface area contributed by atoms with Gasteiger partial charge < -0.3 is 14.6 Å². The maximum absolute atomic E-state index is 12.4. The van der Waals surface area contributed by atoms with Crippen molar-refractivity contribution in [1.29, 1.82) is 5.26 Å². The number of nitriles is 1. The van der Waals surface area contributed by atoms with Crippen LogP contribution in [-0.4, -0.2) is 24.2 Å². The summed E-state index contributed by atoms with van der Waals surface area (Å²) >= 11 is 0. The Labute approximate surface area is 228 Å². The van der Waals surface area contributed by atoms with Gasteiger partial charge in [-0.1, -0.05) is 60.7 Å². The molecular weight excluding hydrogens is 488 g/mol. The van der Waals surface area contributed by atoms with Crippen LogP contribution in [0.25, 0.3) is 11.1 Å². The first kappa shape index (κ1) is 26.0. The van der Waals surface area contributed by atoms with E-state index in [1.165, 1.54) is 7.11 Å². The van der Waals surface area contributed by atoms with Crippen molar-refractivity contribution < 1.29 is 19.4 Å². The summed E-state index contributed by atoms with van der Waals surface area (Å²) < 4.78 is 11.2. The molecule has 2 N–H and O–H groups in total. The highest BCUT2D eigenvalue weighted by molar-refractivity contribution is 5.77. The first-order chi connectivity index (χ1) is 19.0. The monoisotopic (exact) mass is 518 g/mol. The van der Waals surface area contributed by atoms with Crippen LogP contribution in [0.3, 0.4) is 0 Å². The fourth-order valence-corrected chi connectivity index (χ4v) is 5.25. The summed E-state index contributed by atoms with van der Waals surface area (Å²) in [7, 11) is 1.37. The summed E-state index contributed by atoms with van der Waals surface area (Å²) in [6.45, 7) is 2.38. The minimum atomic E-state index is -0.541. The molecular formula is C33H30N2O4. The molecule has 0 fully saturated rings. The number of hydrogen-bond donors (Lipinski definition) is 2. The van der Waals surface area contributed by atoms with Crippen molar-refractivity contribution in [3.8, 4) is 28.7 Å².